The zero-order valence-electron chi connectivity index (χ0n) is 22.5. The van der Waals surface area contributed by atoms with Crippen molar-refractivity contribution < 1.29 is 28.5 Å². The van der Waals surface area contributed by atoms with E-state index in [2.05, 4.69) is 4.99 Å². The first kappa shape index (κ1) is 27.8. The van der Waals surface area contributed by atoms with Gasteiger partial charge in [0, 0.05) is 6.92 Å². The van der Waals surface area contributed by atoms with E-state index in [1.165, 1.54) is 22.8 Å². The molecule has 0 aliphatic carbocycles. The molecule has 1 atom stereocenters. The molecule has 0 spiro atoms. The van der Waals surface area contributed by atoms with Crippen LogP contribution in [-0.4, -0.2) is 36.3 Å². The first-order valence-electron chi connectivity index (χ1n) is 12.6. The van der Waals surface area contributed by atoms with Gasteiger partial charge in [-0.15, -0.1) is 0 Å². The highest BCUT2D eigenvalue weighted by atomic mass is 32.1. The number of fused-ring (bicyclic) bond motifs is 1. The summed E-state index contributed by atoms with van der Waals surface area (Å²) in [6.07, 6.45) is 1.74. The Kier molecular flexibility index (Phi) is 8.65. The van der Waals surface area contributed by atoms with Gasteiger partial charge in [-0.3, -0.25) is 14.2 Å². The summed E-state index contributed by atoms with van der Waals surface area (Å²) in [5.41, 5.74) is 1.87. The van der Waals surface area contributed by atoms with E-state index in [0.29, 0.717) is 51.1 Å². The highest BCUT2D eigenvalue weighted by Crippen LogP contribution is 2.36. The maximum absolute atomic E-state index is 13.8. The topological polar surface area (TPSA) is 105 Å². The van der Waals surface area contributed by atoms with Crippen molar-refractivity contribution in [2.75, 3.05) is 19.8 Å². The number of aromatic nitrogens is 1. The molecule has 0 amide bonds. The first-order chi connectivity index (χ1) is 18.8. The molecule has 10 heteroatoms. The molecular formula is C29H30N2O7S. The van der Waals surface area contributed by atoms with Crippen LogP contribution in [-0.2, 0) is 14.3 Å². The van der Waals surface area contributed by atoms with Gasteiger partial charge in [0.05, 0.1) is 41.7 Å². The van der Waals surface area contributed by atoms with Gasteiger partial charge >= 0.3 is 11.9 Å². The second-order valence-corrected chi connectivity index (χ2v) is 9.55. The molecule has 0 saturated carbocycles. The van der Waals surface area contributed by atoms with Gasteiger partial charge in [-0.1, -0.05) is 29.5 Å². The van der Waals surface area contributed by atoms with Crippen LogP contribution in [0, 0.1) is 0 Å². The van der Waals surface area contributed by atoms with Crippen LogP contribution in [0.25, 0.3) is 6.08 Å². The zero-order valence-corrected chi connectivity index (χ0v) is 23.3. The van der Waals surface area contributed by atoms with Gasteiger partial charge in [0.25, 0.3) is 5.56 Å². The summed E-state index contributed by atoms with van der Waals surface area (Å²) in [5, 5.41) is 0. The maximum atomic E-state index is 13.8. The Morgan fingerprint density at radius 2 is 1.69 bits per heavy atom. The average Bonchev–Trinajstić information content (AvgIpc) is 3.19. The predicted molar refractivity (Wildman–Crippen MR) is 147 cm³/mol. The molecule has 0 saturated heterocycles. The quantitative estimate of drug-likeness (QED) is 0.297. The number of allylic oxidation sites excluding steroid dienone is 1. The maximum Gasteiger partial charge on any atom is 0.338 e. The molecule has 1 aliphatic rings. The van der Waals surface area contributed by atoms with E-state index in [0.717, 1.165) is 5.56 Å². The van der Waals surface area contributed by atoms with Gasteiger partial charge in [0.2, 0.25) is 0 Å². The molecule has 1 aliphatic heterocycles. The number of ether oxygens (including phenoxy) is 4. The van der Waals surface area contributed by atoms with Crippen LogP contribution in [0.4, 0.5) is 0 Å². The third-order valence-electron chi connectivity index (χ3n) is 5.84. The molecule has 4 rings (SSSR count). The highest BCUT2D eigenvalue weighted by molar-refractivity contribution is 7.07. The smallest absolute Gasteiger partial charge is 0.338 e. The molecular weight excluding hydrogens is 520 g/mol. The Bertz CT molecular complexity index is 1600. The standard InChI is InChI=1S/C29H30N2O7S/c1-6-35-22-14-11-20(16-23(22)36-7-2)26-25(28(34)37-8-3)17(4)30-29-31(26)27(33)24(39-29)15-19-9-12-21(13-10-19)38-18(5)32/h9-16,26H,6-8H2,1-5H3/b24-15-/t26-/m0/s1. The van der Waals surface area contributed by atoms with Crippen molar-refractivity contribution in [3.05, 3.63) is 84.5 Å². The number of hydrogen-bond acceptors (Lipinski definition) is 9. The molecule has 39 heavy (non-hydrogen) atoms. The van der Waals surface area contributed by atoms with Crippen LogP contribution >= 0.6 is 11.3 Å². The highest BCUT2D eigenvalue weighted by Gasteiger charge is 2.34. The number of thiazole rings is 1. The monoisotopic (exact) mass is 550 g/mol. The normalized spacial score (nSPS) is 14.9. The summed E-state index contributed by atoms with van der Waals surface area (Å²) in [5.74, 6) is 0.559. The number of carbonyl (C=O) groups is 2. The summed E-state index contributed by atoms with van der Waals surface area (Å²) < 4.78 is 24.0. The van der Waals surface area contributed by atoms with Crippen LogP contribution in [0.5, 0.6) is 17.2 Å². The molecule has 0 radical (unpaired) electrons. The van der Waals surface area contributed by atoms with Crippen molar-refractivity contribution in [2.45, 2.75) is 40.7 Å². The van der Waals surface area contributed by atoms with Crippen molar-refractivity contribution in [3.63, 3.8) is 0 Å². The summed E-state index contributed by atoms with van der Waals surface area (Å²) in [6, 6.07) is 11.4. The predicted octanol–water partition coefficient (Wildman–Crippen LogP) is 3.52. The van der Waals surface area contributed by atoms with Gasteiger partial charge in [-0.2, -0.15) is 0 Å². The fourth-order valence-electron chi connectivity index (χ4n) is 4.29. The molecule has 0 N–H and O–H groups in total. The molecule has 2 aromatic carbocycles. The fraction of sp³-hybridized carbons (Fsp3) is 0.310. The lowest BCUT2D eigenvalue weighted by Gasteiger charge is -2.25. The van der Waals surface area contributed by atoms with Gasteiger partial charge in [0.15, 0.2) is 16.3 Å². The number of hydrogen-bond donors (Lipinski definition) is 0. The Morgan fingerprint density at radius 1 is 1.00 bits per heavy atom. The molecule has 0 fully saturated rings. The van der Waals surface area contributed by atoms with Crippen LogP contribution in [0.15, 0.2) is 63.5 Å². The molecule has 2 heterocycles. The second-order valence-electron chi connectivity index (χ2n) is 8.54. The minimum Gasteiger partial charge on any atom is -0.490 e. The minimum absolute atomic E-state index is 0.184. The summed E-state index contributed by atoms with van der Waals surface area (Å²) in [4.78, 5) is 43.2. The third kappa shape index (κ3) is 5.96. The Labute approximate surface area is 229 Å². The Balaban J connectivity index is 1.88. The Morgan fingerprint density at radius 3 is 2.33 bits per heavy atom. The summed E-state index contributed by atoms with van der Waals surface area (Å²) in [7, 11) is 0. The van der Waals surface area contributed by atoms with E-state index in [1.54, 1.807) is 56.3 Å². The number of nitrogens with zero attached hydrogens (tertiary/aromatic N) is 2. The van der Waals surface area contributed by atoms with Crippen molar-refractivity contribution in [1.82, 2.24) is 4.57 Å². The lowest BCUT2D eigenvalue weighted by molar-refractivity contribution is -0.139. The number of esters is 2. The molecule has 204 valence electrons. The van der Waals surface area contributed by atoms with Crippen LogP contribution in [0.3, 0.4) is 0 Å². The zero-order chi connectivity index (χ0) is 28.1. The Hall–Kier alpha value is -4.18. The van der Waals surface area contributed by atoms with Crippen molar-refractivity contribution in [2.24, 2.45) is 4.99 Å². The fourth-order valence-corrected chi connectivity index (χ4v) is 5.34. The lowest BCUT2D eigenvalue weighted by atomic mass is 9.95. The van der Waals surface area contributed by atoms with Gasteiger partial charge < -0.3 is 18.9 Å². The largest absolute Gasteiger partial charge is 0.490 e. The van der Waals surface area contributed by atoms with E-state index in [4.69, 9.17) is 18.9 Å². The van der Waals surface area contributed by atoms with Gasteiger partial charge in [-0.05, 0) is 69.2 Å². The van der Waals surface area contributed by atoms with E-state index in [1.807, 2.05) is 19.9 Å². The average molecular weight is 551 g/mol. The molecule has 1 aromatic heterocycles. The number of rotatable bonds is 9. The minimum atomic E-state index is -0.774. The van der Waals surface area contributed by atoms with E-state index in [9.17, 15) is 14.4 Å². The van der Waals surface area contributed by atoms with Crippen molar-refractivity contribution in [1.29, 1.82) is 0 Å². The summed E-state index contributed by atoms with van der Waals surface area (Å²) in [6.45, 7) is 9.63. The van der Waals surface area contributed by atoms with Crippen LogP contribution in [0.1, 0.15) is 51.8 Å². The van der Waals surface area contributed by atoms with E-state index < -0.39 is 18.0 Å². The van der Waals surface area contributed by atoms with E-state index >= 15 is 0 Å². The van der Waals surface area contributed by atoms with Crippen LogP contribution < -0.4 is 29.1 Å². The van der Waals surface area contributed by atoms with E-state index in [-0.39, 0.29) is 17.7 Å². The van der Waals surface area contributed by atoms with Crippen molar-refractivity contribution >= 4 is 29.4 Å². The molecule has 0 unspecified atom stereocenters. The lowest BCUT2D eigenvalue weighted by Crippen LogP contribution is -2.40. The van der Waals surface area contributed by atoms with Gasteiger partial charge in [0.1, 0.15) is 5.75 Å². The molecule has 0 bridgehead atoms. The van der Waals surface area contributed by atoms with Crippen molar-refractivity contribution in [3.8, 4) is 17.2 Å². The molecule has 3 aromatic rings. The molecule has 9 nitrogen and oxygen atoms in total. The first-order valence-corrected chi connectivity index (χ1v) is 13.5. The SMILES string of the molecule is CCOC(=O)C1=C(C)N=c2s/c(=C\c3ccc(OC(C)=O)cc3)c(=O)n2[C@H]1c1ccc(OCC)c(OCC)c1. The summed E-state index contributed by atoms with van der Waals surface area (Å²) >= 11 is 1.23. The third-order valence-corrected chi connectivity index (χ3v) is 6.82. The number of carbonyl (C=O) groups excluding carboxylic acids is 2. The van der Waals surface area contributed by atoms with Gasteiger partial charge in [-0.25, -0.2) is 9.79 Å². The number of benzene rings is 2. The van der Waals surface area contributed by atoms with Crippen LogP contribution in [0.2, 0.25) is 0 Å². The second kappa shape index (κ2) is 12.1.